The molecule has 0 aromatic heterocycles. The SMILES string of the molecule is CCc1ccc(CCC(=O)NC2CC(O)C2(C)C)cc1. The molecule has 1 aromatic rings. The van der Waals surface area contributed by atoms with Crippen molar-refractivity contribution in [1.82, 2.24) is 5.32 Å². The first-order valence-corrected chi connectivity index (χ1v) is 7.48. The van der Waals surface area contributed by atoms with Crippen LogP contribution in [0.1, 0.15) is 44.7 Å². The Morgan fingerprint density at radius 3 is 2.40 bits per heavy atom. The molecule has 0 radical (unpaired) electrons. The number of aliphatic hydroxyl groups is 1. The molecule has 20 heavy (non-hydrogen) atoms. The molecule has 0 aliphatic heterocycles. The molecule has 1 fully saturated rings. The van der Waals surface area contributed by atoms with Crippen molar-refractivity contribution < 1.29 is 9.90 Å². The highest BCUT2D eigenvalue weighted by Crippen LogP contribution is 2.40. The molecule has 0 saturated heterocycles. The van der Waals surface area contributed by atoms with Crippen LogP contribution in [0, 0.1) is 5.41 Å². The van der Waals surface area contributed by atoms with Gasteiger partial charge in [0.2, 0.25) is 5.91 Å². The highest BCUT2D eigenvalue weighted by atomic mass is 16.3. The second kappa shape index (κ2) is 5.96. The second-order valence-corrected chi connectivity index (χ2v) is 6.36. The molecule has 0 bridgehead atoms. The van der Waals surface area contributed by atoms with Crippen molar-refractivity contribution in [1.29, 1.82) is 0 Å². The Hall–Kier alpha value is -1.35. The topological polar surface area (TPSA) is 49.3 Å². The van der Waals surface area contributed by atoms with Crippen molar-refractivity contribution in [3.63, 3.8) is 0 Å². The van der Waals surface area contributed by atoms with E-state index >= 15 is 0 Å². The lowest BCUT2D eigenvalue weighted by molar-refractivity contribution is -0.129. The zero-order valence-corrected chi connectivity index (χ0v) is 12.6. The summed E-state index contributed by atoms with van der Waals surface area (Å²) in [6, 6.07) is 8.55. The van der Waals surface area contributed by atoms with Gasteiger partial charge in [-0.25, -0.2) is 0 Å². The van der Waals surface area contributed by atoms with Gasteiger partial charge in [0.1, 0.15) is 0 Å². The van der Waals surface area contributed by atoms with Gasteiger partial charge in [-0.2, -0.15) is 0 Å². The van der Waals surface area contributed by atoms with Crippen LogP contribution in [0.3, 0.4) is 0 Å². The number of hydrogen-bond acceptors (Lipinski definition) is 2. The maximum atomic E-state index is 11.9. The molecule has 3 heteroatoms. The summed E-state index contributed by atoms with van der Waals surface area (Å²) in [6.07, 6.45) is 2.69. The number of aliphatic hydroxyl groups excluding tert-OH is 1. The van der Waals surface area contributed by atoms with Crippen LogP contribution < -0.4 is 5.32 Å². The number of aryl methyl sites for hydroxylation is 2. The number of carbonyl (C=O) groups is 1. The molecule has 110 valence electrons. The monoisotopic (exact) mass is 275 g/mol. The van der Waals surface area contributed by atoms with Crippen LogP contribution in [0.2, 0.25) is 0 Å². The average Bonchev–Trinajstić information content (AvgIpc) is 2.45. The third-order valence-electron chi connectivity index (χ3n) is 4.62. The van der Waals surface area contributed by atoms with Crippen molar-refractivity contribution in [3.05, 3.63) is 35.4 Å². The van der Waals surface area contributed by atoms with Crippen LogP contribution in [0.5, 0.6) is 0 Å². The fraction of sp³-hybridized carbons (Fsp3) is 0.588. The van der Waals surface area contributed by atoms with E-state index in [9.17, 15) is 9.90 Å². The van der Waals surface area contributed by atoms with Gasteiger partial charge in [0.25, 0.3) is 0 Å². The van der Waals surface area contributed by atoms with Crippen molar-refractivity contribution in [3.8, 4) is 0 Å². The molecule has 2 unspecified atom stereocenters. The molecule has 1 saturated carbocycles. The quantitative estimate of drug-likeness (QED) is 0.867. The minimum absolute atomic E-state index is 0.0783. The minimum atomic E-state index is -0.297. The normalized spacial score (nSPS) is 24.0. The van der Waals surface area contributed by atoms with Gasteiger partial charge in [-0.3, -0.25) is 4.79 Å². The molecule has 1 aliphatic rings. The van der Waals surface area contributed by atoms with Crippen LogP contribution in [-0.2, 0) is 17.6 Å². The summed E-state index contributed by atoms with van der Waals surface area (Å²) in [4.78, 5) is 11.9. The van der Waals surface area contributed by atoms with E-state index < -0.39 is 0 Å². The van der Waals surface area contributed by atoms with E-state index in [1.807, 2.05) is 13.8 Å². The third kappa shape index (κ3) is 3.21. The largest absolute Gasteiger partial charge is 0.392 e. The zero-order valence-electron chi connectivity index (χ0n) is 12.6. The van der Waals surface area contributed by atoms with Gasteiger partial charge in [-0.1, -0.05) is 45.0 Å². The van der Waals surface area contributed by atoms with E-state index in [0.29, 0.717) is 12.8 Å². The third-order valence-corrected chi connectivity index (χ3v) is 4.62. The summed E-state index contributed by atoms with van der Waals surface area (Å²) in [5.41, 5.74) is 2.33. The first kappa shape index (κ1) is 15.0. The number of amides is 1. The molecule has 0 heterocycles. The Kier molecular flexibility index (Phi) is 4.48. The van der Waals surface area contributed by atoms with Crippen molar-refractivity contribution >= 4 is 5.91 Å². The average molecular weight is 275 g/mol. The summed E-state index contributed by atoms with van der Waals surface area (Å²) in [5, 5.41) is 12.7. The van der Waals surface area contributed by atoms with Gasteiger partial charge >= 0.3 is 0 Å². The Balaban J connectivity index is 1.78. The number of hydrogen-bond donors (Lipinski definition) is 2. The summed E-state index contributed by atoms with van der Waals surface area (Å²) in [5.74, 6) is 0.0783. The molecule has 3 nitrogen and oxygen atoms in total. The number of benzene rings is 1. The summed E-state index contributed by atoms with van der Waals surface area (Å²) in [7, 11) is 0. The van der Waals surface area contributed by atoms with E-state index in [0.717, 1.165) is 12.8 Å². The van der Waals surface area contributed by atoms with Crippen LogP contribution in [0.25, 0.3) is 0 Å². The van der Waals surface area contributed by atoms with Crippen molar-refractivity contribution in [2.24, 2.45) is 5.41 Å². The predicted molar refractivity (Wildman–Crippen MR) is 80.5 cm³/mol. The maximum absolute atomic E-state index is 11.9. The van der Waals surface area contributed by atoms with Crippen LogP contribution >= 0.6 is 0 Å². The van der Waals surface area contributed by atoms with Crippen molar-refractivity contribution in [2.45, 2.75) is 58.6 Å². The Bertz CT molecular complexity index is 464. The van der Waals surface area contributed by atoms with Crippen molar-refractivity contribution in [2.75, 3.05) is 0 Å². The Morgan fingerprint density at radius 1 is 1.30 bits per heavy atom. The number of rotatable bonds is 5. The van der Waals surface area contributed by atoms with Crippen LogP contribution in [-0.4, -0.2) is 23.2 Å². The van der Waals surface area contributed by atoms with E-state index in [1.165, 1.54) is 11.1 Å². The lowest BCUT2D eigenvalue weighted by Gasteiger charge is -2.49. The predicted octanol–water partition coefficient (Wildman–Crippen LogP) is 2.46. The van der Waals surface area contributed by atoms with E-state index in [1.54, 1.807) is 0 Å². The first-order chi connectivity index (χ1) is 9.43. The summed E-state index contributed by atoms with van der Waals surface area (Å²) in [6.45, 7) is 6.13. The highest BCUT2D eigenvalue weighted by Gasteiger charge is 2.47. The minimum Gasteiger partial charge on any atom is -0.392 e. The fourth-order valence-corrected chi connectivity index (χ4v) is 2.61. The van der Waals surface area contributed by atoms with Gasteiger partial charge in [0.05, 0.1) is 6.10 Å². The molecule has 2 atom stereocenters. The fourth-order valence-electron chi connectivity index (χ4n) is 2.61. The molecular formula is C17H25NO2. The molecule has 2 rings (SSSR count). The Morgan fingerprint density at radius 2 is 1.90 bits per heavy atom. The lowest BCUT2D eigenvalue weighted by atomic mass is 9.64. The molecule has 1 amide bonds. The second-order valence-electron chi connectivity index (χ2n) is 6.36. The molecule has 1 aliphatic carbocycles. The highest BCUT2D eigenvalue weighted by molar-refractivity contribution is 5.76. The summed E-state index contributed by atoms with van der Waals surface area (Å²) < 4.78 is 0. The first-order valence-electron chi connectivity index (χ1n) is 7.48. The molecule has 0 spiro atoms. The molecular weight excluding hydrogens is 250 g/mol. The van der Waals surface area contributed by atoms with Gasteiger partial charge in [0.15, 0.2) is 0 Å². The standard InChI is InChI=1S/C17H25NO2/c1-4-12-5-7-13(8-6-12)9-10-16(20)18-14-11-15(19)17(14,2)3/h5-8,14-15,19H,4,9-11H2,1-3H3,(H,18,20). The van der Waals surface area contributed by atoms with Crippen LogP contribution in [0.15, 0.2) is 24.3 Å². The van der Waals surface area contributed by atoms with Gasteiger partial charge in [-0.05, 0) is 30.4 Å². The maximum Gasteiger partial charge on any atom is 0.220 e. The number of nitrogens with one attached hydrogen (secondary N) is 1. The van der Waals surface area contributed by atoms with E-state index in [4.69, 9.17) is 0 Å². The van der Waals surface area contributed by atoms with Gasteiger partial charge < -0.3 is 10.4 Å². The van der Waals surface area contributed by atoms with Gasteiger partial charge in [0, 0.05) is 17.9 Å². The lowest BCUT2D eigenvalue weighted by Crippen LogP contribution is -2.61. The van der Waals surface area contributed by atoms with E-state index in [2.05, 4.69) is 36.5 Å². The van der Waals surface area contributed by atoms with Gasteiger partial charge in [-0.15, -0.1) is 0 Å². The summed E-state index contributed by atoms with van der Waals surface area (Å²) >= 11 is 0. The smallest absolute Gasteiger partial charge is 0.220 e. The zero-order chi connectivity index (χ0) is 14.8. The molecule has 2 N–H and O–H groups in total. The molecule has 1 aromatic carbocycles. The Labute approximate surface area is 121 Å². The van der Waals surface area contributed by atoms with Crippen LogP contribution in [0.4, 0.5) is 0 Å². The van der Waals surface area contributed by atoms with E-state index in [-0.39, 0.29) is 23.5 Å². The number of carbonyl (C=O) groups excluding carboxylic acids is 1.